The molecule has 0 aromatic rings. The van der Waals surface area contributed by atoms with Crippen LogP contribution in [-0.4, -0.2) is 96.5 Å². The standard InChI is InChI=1S/C22H43N5OS/c1-7-26-10-8-9-19(26)15-23-22(29-6)24-20(17(2)3)16-25-11-13-27(14-12-25)21(28)18(4)5/h17-20H,7-16H2,1-6H3,(H,23,24)/t19-,20?/m0/s1. The van der Waals surface area contributed by atoms with Gasteiger partial charge in [0, 0.05) is 50.7 Å². The SMILES string of the molecule is CCN1CCC[C@H]1CN=C(NC(CN1CCN(C(=O)C(C)C)CC1)C(C)C)SC. The number of carbonyl (C=O) groups excluding carboxylic acids is 1. The second kappa shape index (κ2) is 12.2. The van der Waals surface area contributed by atoms with Crippen molar-refractivity contribution in [2.75, 3.05) is 58.6 Å². The lowest BCUT2D eigenvalue weighted by atomic mass is 10.0. The number of carbonyl (C=O) groups is 1. The largest absolute Gasteiger partial charge is 0.361 e. The van der Waals surface area contributed by atoms with E-state index in [1.54, 1.807) is 11.8 Å². The third-order valence-corrected chi connectivity index (χ3v) is 6.92. The molecule has 0 saturated carbocycles. The molecule has 2 fully saturated rings. The fourth-order valence-electron chi connectivity index (χ4n) is 4.25. The third-order valence-electron chi connectivity index (χ3n) is 6.29. The van der Waals surface area contributed by atoms with Gasteiger partial charge in [0.2, 0.25) is 5.91 Å². The molecular weight excluding hydrogens is 382 g/mol. The second-order valence-electron chi connectivity index (χ2n) is 9.05. The van der Waals surface area contributed by atoms with Crippen LogP contribution in [0.25, 0.3) is 0 Å². The summed E-state index contributed by atoms with van der Waals surface area (Å²) in [5.41, 5.74) is 0. The average molecular weight is 426 g/mol. The third kappa shape index (κ3) is 7.44. The maximum atomic E-state index is 12.2. The summed E-state index contributed by atoms with van der Waals surface area (Å²) >= 11 is 1.73. The summed E-state index contributed by atoms with van der Waals surface area (Å²) in [7, 11) is 0. The van der Waals surface area contributed by atoms with Crippen molar-refractivity contribution in [3.8, 4) is 0 Å². The molecule has 6 nitrogen and oxygen atoms in total. The Labute approximate surface area is 182 Å². The summed E-state index contributed by atoms with van der Waals surface area (Å²) in [4.78, 5) is 24.2. The van der Waals surface area contributed by atoms with Gasteiger partial charge in [-0.2, -0.15) is 0 Å². The highest BCUT2D eigenvalue weighted by Crippen LogP contribution is 2.17. The molecule has 2 saturated heterocycles. The minimum Gasteiger partial charge on any atom is -0.361 e. The summed E-state index contributed by atoms with van der Waals surface area (Å²) in [5, 5.41) is 4.80. The highest BCUT2D eigenvalue weighted by molar-refractivity contribution is 8.13. The molecule has 0 aromatic heterocycles. The molecule has 0 aromatic carbocycles. The van der Waals surface area contributed by atoms with Gasteiger partial charge in [-0.3, -0.25) is 19.6 Å². The van der Waals surface area contributed by atoms with E-state index < -0.39 is 0 Å². The first-order valence-corrected chi connectivity index (χ1v) is 12.7. The van der Waals surface area contributed by atoms with Gasteiger partial charge in [0.25, 0.3) is 0 Å². The average Bonchev–Trinajstić information content (AvgIpc) is 3.17. The highest BCUT2D eigenvalue weighted by atomic mass is 32.2. The molecule has 2 heterocycles. The first-order chi connectivity index (χ1) is 13.8. The predicted octanol–water partition coefficient (Wildman–Crippen LogP) is 2.60. The Balaban J connectivity index is 1.87. The van der Waals surface area contributed by atoms with E-state index in [2.05, 4.69) is 42.1 Å². The van der Waals surface area contributed by atoms with Crippen molar-refractivity contribution in [1.82, 2.24) is 20.0 Å². The molecule has 0 spiro atoms. The van der Waals surface area contributed by atoms with Crippen LogP contribution in [0.5, 0.6) is 0 Å². The van der Waals surface area contributed by atoms with E-state index in [-0.39, 0.29) is 11.8 Å². The van der Waals surface area contributed by atoms with E-state index in [1.165, 1.54) is 19.4 Å². The van der Waals surface area contributed by atoms with Crippen LogP contribution < -0.4 is 5.32 Å². The summed E-state index contributed by atoms with van der Waals surface area (Å²) in [6, 6.07) is 0.979. The molecule has 0 bridgehead atoms. The molecule has 0 aliphatic carbocycles. The van der Waals surface area contributed by atoms with E-state index in [4.69, 9.17) is 4.99 Å². The fourth-order valence-corrected chi connectivity index (χ4v) is 4.72. The van der Waals surface area contributed by atoms with Crippen LogP contribution in [0.1, 0.15) is 47.5 Å². The van der Waals surface area contributed by atoms with Gasteiger partial charge < -0.3 is 10.2 Å². The van der Waals surface area contributed by atoms with E-state index in [0.717, 1.165) is 51.0 Å². The maximum absolute atomic E-state index is 12.2. The van der Waals surface area contributed by atoms with Crippen molar-refractivity contribution in [2.24, 2.45) is 16.8 Å². The first kappa shape index (κ1) is 24.5. The van der Waals surface area contributed by atoms with Gasteiger partial charge in [-0.1, -0.05) is 46.4 Å². The Kier molecular flexibility index (Phi) is 10.3. The molecule has 1 unspecified atom stereocenters. The van der Waals surface area contributed by atoms with Crippen LogP contribution in [0.2, 0.25) is 0 Å². The molecule has 0 radical (unpaired) electrons. The number of amides is 1. The molecule has 1 N–H and O–H groups in total. The van der Waals surface area contributed by atoms with Crippen LogP contribution in [0.15, 0.2) is 4.99 Å². The zero-order valence-corrected chi connectivity index (χ0v) is 20.3. The number of likely N-dealkylation sites (N-methyl/N-ethyl adjacent to an activating group) is 1. The molecule has 29 heavy (non-hydrogen) atoms. The van der Waals surface area contributed by atoms with Crippen LogP contribution in [-0.2, 0) is 4.79 Å². The van der Waals surface area contributed by atoms with Gasteiger partial charge in [-0.05, 0) is 38.1 Å². The summed E-state index contributed by atoms with van der Waals surface area (Å²) in [6.45, 7) is 18.7. The summed E-state index contributed by atoms with van der Waals surface area (Å²) < 4.78 is 0. The monoisotopic (exact) mass is 425 g/mol. The Morgan fingerprint density at radius 3 is 2.38 bits per heavy atom. The van der Waals surface area contributed by atoms with E-state index in [0.29, 0.717) is 18.0 Å². The van der Waals surface area contributed by atoms with Gasteiger partial charge in [0.1, 0.15) is 0 Å². The zero-order valence-electron chi connectivity index (χ0n) is 19.5. The first-order valence-electron chi connectivity index (χ1n) is 11.5. The number of nitrogens with zero attached hydrogens (tertiary/aromatic N) is 4. The Hall–Kier alpha value is -0.790. The number of aliphatic imine (C=N–C) groups is 1. The molecule has 1 amide bonds. The smallest absolute Gasteiger partial charge is 0.225 e. The number of nitrogens with one attached hydrogen (secondary N) is 1. The highest BCUT2D eigenvalue weighted by Gasteiger charge is 2.26. The maximum Gasteiger partial charge on any atom is 0.225 e. The van der Waals surface area contributed by atoms with E-state index in [9.17, 15) is 4.79 Å². The normalized spacial score (nSPS) is 23.2. The van der Waals surface area contributed by atoms with Crippen molar-refractivity contribution in [1.29, 1.82) is 0 Å². The molecule has 2 aliphatic rings. The molecule has 2 aliphatic heterocycles. The van der Waals surface area contributed by atoms with Crippen molar-refractivity contribution in [2.45, 2.75) is 59.5 Å². The second-order valence-corrected chi connectivity index (χ2v) is 9.84. The van der Waals surface area contributed by atoms with Crippen molar-refractivity contribution < 1.29 is 4.79 Å². The van der Waals surface area contributed by atoms with E-state index >= 15 is 0 Å². The number of likely N-dealkylation sites (tertiary alicyclic amines) is 1. The number of thioether (sulfide) groups is 1. The minimum atomic E-state index is 0.0930. The Morgan fingerprint density at radius 2 is 1.83 bits per heavy atom. The molecule has 168 valence electrons. The van der Waals surface area contributed by atoms with Gasteiger partial charge in [-0.15, -0.1) is 0 Å². The number of amidine groups is 1. The van der Waals surface area contributed by atoms with Crippen molar-refractivity contribution in [3.63, 3.8) is 0 Å². The predicted molar refractivity (Wildman–Crippen MR) is 126 cm³/mol. The molecule has 2 atom stereocenters. The lowest BCUT2D eigenvalue weighted by Gasteiger charge is -2.38. The number of rotatable bonds is 8. The fraction of sp³-hybridized carbons (Fsp3) is 0.909. The summed E-state index contributed by atoms with van der Waals surface area (Å²) in [6.07, 6.45) is 4.69. The van der Waals surface area contributed by atoms with Crippen molar-refractivity contribution in [3.05, 3.63) is 0 Å². The van der Waals surface area contributed by atoms with Gasteiger partial charge >= 0.3 is 0 Å². The van der Waals surface area contributed by atoms with Crippen LogP contribution in [0, 0.1) is 11.8 Å². The van der Waals surface area contributed by atoms with Gasteiger partial charge in [0.05, 0.1) is 6.54 Å². The molecule has 2 rings (SSSR count). The van der Waals surface area contributed by atoms with Gasteiger partial charge in [0.15, 0.2) is 5.17 Å². The quantitative estimate of drug-likeness (QED) is 0.479. The molecule has 7 heteroatoms. The van der Waals surface area contributed by atoms with Gasteiger partial charge in [-0.25, -0.2) is 0 Å². The minimum absolute atomic E-state index is 0.0930. The number of hydrogen-bond donors (Lipinski definition) is 1. The Bertz CT molecular complexity index is 531. The van der Waals surface area contributed by atoms with Crippen LogP contribution in [0.4, 0.5) is 0 Å². The zero-order chi connectivity index (χ0) is 21.4. The van der Waals surface area contributed by atoms with E-state index in [1.807, 2.05) is 18.7 Å². The number of hydrogen-bond acceptors (Lipinski definition) is 5. The molecular formula is C22H43N5OS. The van der Waals surface area contributed by atoms with Crippen LogP contribution in [0.3, 0.4) is 0 Å². The lowest BCUT2D eigenvalue weighted by Crippen LogP contribution is -2.54. The summed E-state index contributed by atoms with van der Waals surface area (Å²) in [5.74, 6) is 0.907. The topological polar surface area (TPSA) is 51.2 Å². The lowest BCUT2D eigenvalue weighted by molar-refractivity contribution is -0.136. The van der Waals surface area contributed by atoms with Crippen LogP contribution >= 0.6 is 11.8 Å². The number of piperazine rings is 1. The Morgan fingerprint density at radius 1 is 1.14 bits per heavy atom. The van der Waals surface area contributed by atoms with Crippen molar-refractivity contribution >= 4 is 22.8 Å².